The van der Waals surface area contributed by atoms with Crippen molar-refractivity contribution in [3.05, 3.63) is 66.0 Å². The number of piperazine rings is 1. The van der Waals surface area contributed by atoms with E-state index in [1.165, 1.54) is 5.56 Å². The maximum absolute atomic E-state index is 12.7. The zero-order valence-electron chi connectivity index (χ0n) is 12.1. The van der Waals surface area contributed by atoms with Crippen LogP contribution in [0.2, 0.25) is 0 Å². The lowest BCUT2D eigenvalue weighted by molar-refractivity contribution is 0.0607. The van der Waals surface area contributed by atoms with Gasteiger partial charge in [-0.1, -0.05) is 30.3 Å². The van der Waals surface area contributed by atoms with Gasteiger partial charge < -0.3 is 10.2 Å². The van der Waals surface area contributed by atoms with Crippen molar-refractivity contribution in [3.63, 3.8) is 0 Å². The van der Waals surface area contributed by atoms with E-state index in [2.05, 4.69) is 29.4 Å². The number of aromatic nitrogens is 1. The molecule has 0 saturated carbocycles. The predicted molar refractivity (Wildman–Crippen MR) is 81.9 cm³/mol. The quantitative estimate of drug-likeness (QED) is 0.918. The lowest BCUT2D eigenvalue weighted by Crippen LogP contribution is -2.53. The molecule has 1 aromatic heterocycles. The van der Waals surface area contributed by atoms with Gasteiger partial charge in [0.05, 0.1) is 0 Å². The lowest BCUT2D eigenvalue weighted by Gasteiger charge is -2.39. The highest BCUT2D eigenvalue weighted by Gasteiger charge is 2.29. The molecule has 2 heterocycles. The third-order valence-corrected chi connectivity index (χ3v) is 3.96. The minimum atomic E-state index is 0.0762. The van der Waals surface area contributed by atoms with E-state index >= 15 is 0 Å². The first-order valence-corrected chi connectivity index (χ1v) is 7.25. The van der Waals surface area contributed by atoms with Crippen LogP contribution in [0.5, 0.6) is 0 Å². The number of carbonyl (C=O) groups excluding carboxylic acids is 1. The molecule has 1 aliphatic rings. The van der Waals surface area contributed by atoms with Crippen molar-refractivity contribution >= 4 is 5.91 Å². The SMILES string of the molecule is CC1CNC(c2ccccc2)CN1C(=O)c1ccncc1. The molecular weight excluding hydrogens is 262 g/mol. The van der Waals surface area contributed by atoms with Crippen LogP contribution in [0, 0.1) is 0 Å². The highest BCUT2D eigenvalue weighted by atomic mass is 16.2. The Morgan fingerprint density at radius 3 is 2.62 bits per heavy atom. The van der Waals surface area contributed by atoms with E-state index in [-0.39, 0.29) is 18.0 Å². The highest BCUT2D eigenvalue weighted by molar-refractivity contribution is 5.94. The van der Waals surface area contributed by atoms with E-state index in [0.29, 0.717) is 12.1 Å². The van der Waals surface area contributed by atoms with Gasteiger partial charge in [0.2, 0.25) is 0 Å². The van der Waals surface area contributed by atoms with Gasteiger partial charge in [0.25, 0.3) is 5.91 Å². The molecule has 1 N–H and O–H groups in total. The van der Waals surface area contributed by atoms with Crippen LogP contribution in [-0.2, 0) is 0 Å². The van der Waals surface area contributed by atoms with Crippen molar-refractivity contribution in [1.29, 1.82) is 0 Å². The van der Waals surface area contributed by atoms with Crippen LogP contribution >= 0.6 is 0 Å². The number of nitrogens with one attached hydrogen (secondary N) is 1. The second-order valence-corrected chi connectivity index (χ2v) is 5.41. The Balaban J connectivity index is 1.79. The second kappa shape index (κ2) is 6.06. The molecule has 1 fully saturated rings. The van der Waals surface area contributed by atoms with Crippen LogP contribution in [0.25, 0.3) is 0 Å². The maximum atomic E-state index is 12.7. The van der Waals surface area contributed by atoms with Gasteiger partial charge in [0.15, 0.2) is 0 Å². The Bertz CT molecular complexity index is 600. The van der Waals surface area contributed by atoms with Gasteiger partial charge in [0.1, 0.15) is 0 Å². The summed E-state index contributed by atoms with van der Waals surface area (Å²) in [5, 5.41) is 3.52. The number of benzene rings is 1. The summed E-state index contributed by atoms with van der Waals surface area (Å²) in [5.74, 6) is 0.0762. The summed E-state index contributed by atoms with van der Waals surface area (Å²) < 4.78 is 0. The van der Waals surface area contributed by atoms with E-state index in [0.717, 1.165) is 6.54 Å². The summed E-state index contributed by atoms with van der Waals surface area (Å²) in [5.41, 5.74) is 1.92. The molecule has 108 valence electrons. The largest absolute Gasteiger partial charge is 0.333 e. The number of hydrogen-bond acceptors (Lipinski definition) is 3. The number of carbonyl (C=O) groups is 1. The summed E-state index contributed by atoms with van der Waals surface area (Å²) >= 11 is 0. The van der Waals surface area contributed by atoms with Gasteiger partial charge in [-0.2, -0.15) is 0 Å². The van der Waals surface area contributed by atoms with Crippen molar-refractivity contribution in [2.45, 2.75) is 19.0 Å². The van der Waals surface area contributed by atoms with Gasteiger partial charge in [-0.3, -0.25) is 9.78 Å². The molecule has 0 spiro atoms. The molecule has 0 bridgehead atoms. The monoisotopic (exact) mass is 281 g/mol. The third-order valence-electron chi connectivity index (χ3n) is 3.96. The van der Waals surface area contributed by atoms with Gasteiger partial charge in [-0.25, -0.2) is 0 Å². The Hall–Kier alpha value is -2.20. The zero-order chi connectivity index (χ0) is 14.7. The Labute approximate surface area is 124 Å². The fourth-order valence-corrected chi connectivity index (χ4v) is 2.72. The van der Waals surface area contributed by atoms with Crippen molar-refractivity contribution in [2.75, 3.05) is 13.1 Å². The fraction of sp³-hybridized carbons (Fsp3) is 0.294. The molecule has 1 saturated heterocycles. The summed E-state index contributed by atoms with van der Waals surface area (Å²) in [6.07, 6.45) is 3.32. The summed E-state index contributed by atoms with van der Waals surface area (Å²) in [7, 11) is 0. The molecule has 1 amide bonds. The van der Waals surface area contributed by atoms with Gasteiger partial charge in [-0.15, -0.1) is 0 Å². The first-order valence-electron chi connectivity index (χ1n) is 7.25. The number of rotatable bonds is 2. The van der Waals surface area contributed by atoms with E-state index in [1.54, 1.807) is 24.5 Å². The van der Waals surface area contributed by atoms with Crippen molar-refractivity contribution < 1.29 is 4.79 Å². The van der Waals surface area contributed by atoms with Crippen LogP contribution in [0.3, 0.4) is 0 Å². The minimum absolute atomic E-state index is 0.0762. The van der Waals surface area contributed by atoms with Crippen LogP contribution in [0.15, 0.2) is 54.9 Å². The Kier molecular flexibility index (Phi) is 3.97. The normalized spacial score (nSPS) is 22.0. The van der Waals surface area contributed by atoms with Crippen molar-refractivity contribution in [3.8, 4) is 0 Å². The molecule has 0 aliphatic carbocycles. The Morgan fingerprint density at radius 1 is 1.19 bits per heavy atom. The van der Waals surface area contributed by atoms with Gasteiger partial charge in [-0.05, 0) is 24.6 Å². The zero-order valence-corrected chi connectivity index (χ0v) is 12.1. The molecule has 1 aliphatic heterocycles. The van der Waals surface area contributed by atoms with Crippen molar-refractivity contribution in [2.24, 2.45) is 0 Å². The molecule has 0 radical (unpaired) electrons. The summed E-state index contributed by atoms with van der Waals surface area (Å²) in [6.45, 7) is 3.57. The molecule has 3 rings (SSSR count). The van der Waals surface area contributed by atoms with E-state index in [4.69, 9.17) is 0 Å². The van der Waals surface area contributed by atoms with Gasteiger partial charge >= 0.3 is 0 Å². The van der Waals surface area contributed by atoms with Crippen molar-refractivity contribution in [1.82, 2.24) is 15.2 Å². The molecule has 2 atom stereocenters. The fourth-order valence-electron chi connectivity index (χ4n) is 2.72. The van der Waals surface area contributed by atoms with Crippen LogP contribution in [-0.4, -0.2) is 34.9 Å². The summed E-state index contributed by atoms with van der Waals surface area (Å²) in [4.78, 5) is 18.6. The predicted octanol–water partition coefficient (Wildman–Crippen LogP) is 2.26. The summed E-state index contributed by atoms with van der Waals surface area (Å²) in [6, 6.07) is 14.2. The average Bonchev–Trinajstić information content (AvgIpc) is 2.56. The molecule has 2 aromatic rings. The first-order chi connectivity index (χ1) is 10.3. The third kappa shape index (κ3) is 2.95. The smallest absolute Gasteiger partial charge is 0.254 e. The first kappa shape index (κ1) is 13.8. The topological polar surface area (TPSA) is 45.2 Å². The molecular formula is C17H19N3O. The van der Waals surface area contributed by atoms with Gasteiger partial charge in [0, 0.05) is 43.1 Å². The second-order valence-electron chi connectivity index (χ2n) is 5.41. The van der Waals surface area contributed by atoms with E-state index in [1.807, 2.05) is 23.1 Å². The molecule has 1 aromatic carbocycles. The van der Waals surface area contributed by atoms with E-state index < -0.39 is 0 Å². The number of pyridine rings is 1. The van der Waals surface area contributed by atoms with Crippen LogP contribution < -0.4 is 5.32 Å². The maximum Gasteiger partial charge on any atom is 0.254 e. The molecule has 21 heavy (non-hydrogen) atoms. The minimum Gasteiger partial charge on any atom is -0.333 e. The van der Waals surface area contributed by atoms with Crippen LogP contribution in [0.4, 0.5) is 0 Å². The molecule has 2 unspecified atom stereocenters. The Morgan fingerprint density at radius 2 is 1.90 bits per heavy atom. The number of nitrogens with zero attached hydrogens (tertiary/aromatic N) is 2. The highest BCUT2D eigenvalue weighted by Crippen LogP contribution is 2.21. The number of amides is 1. The lowest BCUT2D eigenvalue weighted by atomic mass is 10.0. The standard InChI is InChI=1S/C17H19N3O/c1-13-11-19-16(14-5-3-2-4-6-14)12-20(13)17(21)15-7-9-18-10-8-15/h2-10,13,16,19H,11-12H2,1H3. The molecule has 4 nitrogen and oxygen atoms in total. The average molecular weight is 281 g/mol. The van der Waals surface area contributed by atoms with E-state index in [9.17, 15) is 4.79 Å². The number of hydrogen-bond donors (Lipinski definition) is 1. The van der Waals surface area contributed by atoms with Crippen LogP contribution in [0.1, 0.15) is 28.9 Å². The molecule has 4 heteroatoms.